The van der Waals surface area contributed by atoms with E-state index in [1.807, 2.05) is 28.0 Å². The molecule has 1 amide bonds. The fourth-order valence-electron chi connectivity index (χ4n) is 3.94. The molecule has 0 spiro atoms. The van der Waals surface area contributed by atoms with Crippen molar-refractivity contribution in [2.75, 3.05) is 49.9 Å². The van der Waals surface area contributed by atoms with Crippen molar-refractivity contribution in [3.63, 3.8) is 0 Å². The van der Waals surface area contributed by atoms with Gasteiger partial charge in [0.05, 0.1) is 11.4 Å². The van der Waals surface area contributed by atoms with Crippen LogP contribution in [0.4, 0.5) is 5.69 Å². The molecule has 0 N–H and O–H groups in total. The van der Waals surface area contributed by atoms with Gasteiger partial charge in [-0.25, -0.2) is 8.42 Å². The van der Waals surface area contributed by atoms with E-state index in [1.54, 1.807) is 11.3 Å². The number of hydrogen-bond donors (Lipinski definition) is 0. The number of amides is 1. The second-order valence-electron chi connectivity index (χ2n) is 7.56. The largest absolute Gasteiger partial charge is 0.336 e. The maximum atomic E-state index is 13.0. The lowest BCUT2D eigenvalue weighted by Gasteiger charge is -2.34. The third-order valence-electron chi connectivity index (χ3n) is 5.63. The van der Waals surface area contributed by atoms with Crippen molar-refractivity contribution in [1.29, 1.82) is 0 Å². The van der Waals surface area contributed by atoms with Gasteiger partial charge >= 0.3 is 0 Å². The minimum atomic E-state index is -3.38. The first-order chi connectivity index (χ1) is 14.5. The topological polar surface area (TPSA) is 73.3 Å². The SMILES string of the molecule is O=C(c1ccc2c(c1)SC1=NS(=O)(=O)CCN12)N1CCN(CCc2cccs2)CC1. The van der Waals surface area contributed by atoms with Crippen LogP contribution in [0.1, 0.15) is 15.2 Å². The Kier molecular flexibility index (Phi) is 5.34. The molecule has 0 radical (unpaired) electrons. The summed E-state index contributed by atoms with van der Waals surface area (Å²) < 4.78 is 27.4. The van der Waals surface area contributed by atoms with Crippen molar-refractivity contribution in [3.8, 4) is 0 Å². The lowest BCUT2D eigenvalue weighted by molar-refractivity contribution is 0.0638. The number of fused-ring (bicyclic) bond motifs is 3. The van der Waals surface area contributed by atoms with Crippen molar-refractivity contribution in [2.24, 2.45) is 4.40 Å². The van der Waals surface area contributed by atoms with Gasteiger partial charge in [0.25, 0.3) is 15.9 Å². The monoisotopic (exact) mass is 462 g/mol. The number of sulfonamides is 1. The maximum absolute atomic E-state index is 13.0. The molecule has 1 aromatic carbocycles. The molecule has 4 heterocycles. The molecule has 10 heteroatoms. The Morgan fingerprint density at radius 3 is 2.70 bits per heavy atom. The van der Waals surface area contributed by atoms with Gasteiger partial charge in [-0.2, -0.15) is 0 Å². The maximum Gasteiger partial charge on any atom is 0.257 e. The lowest BCUT2D eigenvalue weighted by atomic mass is 10.1. The second-order valence-corrected chi connectivity index (χ2v) is 11.4. The first-order valence-electron chi connectivity index (χ1n) is 9.95. The van der Waals surface area contributed by atoms with E-state index in [4.69, 9.17) is 0 Å². The minimum Gasteiger partial charge on any atom is -0.336 e. The van der Waals surface area contributed by atoms with Crippen LogP contribution in [0.15, 0.2) is 45.0 Å². The summed E-state index contributed by atoms with van der Waals surface area (Å²) in [5.41, 5.74) is 1.58. The Morgan fingerprint density at radius 2 is 1.93 bits per heavy atom. The predicted octanol–water partition coefficient (Wildman–Crippen LogP) is 2.36. The molecule has 1 saturated heterocycles. The summed E-state index contributed by atoms with van der Waals surface area (Å²) in [5.74, 6) is 0.0595. The van der Waals surface area contributed by atoms with Crippen LogP contribution in [-0.4, -0.2) is 74.3 Å². The number of anilines is 1. The molecular weight excluding hydrogens is 440 g/mol. The second kappa shape index (κ2) is 7.99. The van der Waals surface area contributed by atoms with Gasteiger partial charge < -0.3 is 9.80 Å². The number of carbonyl (C=O) groups is 1. The third kappa shape index (κ3) is 4.01. The average Bonchev–Trinajstić information content (AvgIpc) is 3.37. The summed E-state index contributed by atoms with van der Waals surface area (Å²) in [6, 6.07) is 9.89. The van der Waals surface area contributed by atoms with Gasteiger partial charge in [0.1, 0.15) is 0 Å². The number of thioether (sulfide) groups is 1. The van der Waals surface area contributed by atoms with Crippen LogP contribution in [0.25, 0.3) is 0 Å². The molecule has 3 aliphatic rings. The van der Waals surface area contributed by atoms with Gasteiger partial charge in [-0.15, -0.1) is 15.7 Å². The van der Waals surface area contributed by atoms with Gasteiger partial charge in [0.2, 0.25) is 0 Å². The highest BCUT2D eigenvalue weighted by atomic mass is 32.2. The lowest BCUT2D eigenvalue weighted by Crippen LogP contribution is -2.49. The van der Waals surface area contributed by atoms with Crippen LogP contribution in [0.3, 0.4) is 0 Å². The Balaban J connectivity index is 1.22. The van der Waals surface area contributed by atoms with E-state index in [-0.39, 0.29) is 11.7 Å². The number of nitrogens with zero attached hydrogens (tertiary/aromatic N) is 4. The molecule has 0 unspecified atom stereocenters. The zero-order chi connectivity index (χ0) is 20.7. The van der Waals surface area contributed by atoms with E-state index in [1.165, 1.54) is 16.6 Å². The van der Waals surface area contributed by atoms with Crippen molar-refractivity contribution in [3.05, 3.63) is 46.2 Å². The molecule has 7 nitrogen and oxygen atoms in total. The van der Waals surface area contributed by atoms with Crippen LogP contribution in [0.2, 0.25) is 0 Å². The highest BCUT2D eigenvalue weighted by Crippen LogP contribution is 2.42. The van der Waals surface area contributed by atoms with Crippen LogP contribution in [-0.2, 0) is 16.4 Å². The van der Waals surface area contributed by atoms with Gasteiger partial charge in [0.15, 0.2) is 5.17 Å². The molecule has 30 heavy (non-hydrogen) atoms. The Hall–Kier alpha value is -1.88. The summed E-state index contributed by atoms with van der Waals surface area (Å²) in [6.45, 7) is 4.66. The number of piperazine rings is 1. The summed E-state index contributed by atoms with van der Waals surface area (Å²) in [6.07, 6.45) is 1.06. The molecule has 0 bridgehead atoms. The summed E-state index contributed by atoms with van der Waals surface area (Å²) in [7, 11) is -3.38. The number of rotatable bonds is 4. The molecular formula is C20H22N4O3S3. The average molecular weight is 463 g/mol. The summed E-state index contributed by atoms with van der Waals surface area (Å²) in [5, 5.41) is 2.60. The summed E-state index contributed by atoms with van der Waals surface area (Å²) >= 11 is 3.12. The first-order valence-corrected chi connectivity index (χ1v) is 13.3. The smallest absolute Gasteiger partial charge is 0.257 e. The van der Waals surface area contributed by atoms with E-state index >= 15 is 0 Å². The summed E-state index contributed by atoms with van der Waals surface area (Å²) in [4.78, 5) is 21.6. The van der Waals surface area contributed by atoms with Crippen LogP contribution in [0, 0.1) is 0 Å². The van der Waals surface area contributed by atoms with Gasteiger partial charge in [-0.3, -0.25) is 9.69 Å². The third-order valence-corrected chi connectivity index (χ3v) is 8.88. The Morgan fingerprint density at radius 1 is 1.10 bits per heavy atom. The van der Waals surface area contributed by atoms with Crippen molar-refractivity contribution in [2.45, 2.75) is 11.3 Å². The number of hydrogen-bond acceptors (Lipinski definition) is 7. The molecule has 158 valence electrons. The highest BCUT2D eigenvalue weighted by molar-refractivity contribution is 8.15. The number of amidine groups is 1. The Labute approximate surface area is 184 Å². The zero-order valence-corrected chi connectivity index (χ0v) is 18.8. The molecule has 2 aromatic rings. The van der Waals surface area contributed by atoms with E-state index in [0.717, 1.165) is 49.7 Å². The van der Waals surface area contributed by atoms with E-state index in [2.05, 4.69) is 26.8 Å². The molecule has 5 rings (SSSR count). The molecule has 0 atom stereocenters. The number of benzene rings is 1. The van der Waals surface area contributed by atoms with E-state index in [9.17, 15) is 13.2 Å². The molecule has 0 saturated carbocycles. The molecule has 3 aliphatic heterocycles. The quantitative estimate of drug-likeness (QED) is 0.695. The zero-order valence-electron chi connectivity index (χ0n) is 16.4. The fourth-order valence-corrected chi connectivity index (χ4v) is 6.94. The molecule has 1 fully saturated rings. The van der Waals surface area contributed by atoms with Crippen molar-refractivity contribution >= 4 is 49.9 Å². The molecule has 1 aromatic heterocycles. The van der Waals surface area contributed by atoms with Gasteiger partial charge in [-0.1, -0.05) is 6.07 Å². The fraction of sp³-hybridized carbons (Fsp3) is 0.400. The molecule has 0 aliphatic carbocycles. The number of thiophene rings is 1. The standard InChI is InChI=1S/C20H22N4O3S3/c25-19(23-9-7-22(8-10-23)6-5-16-2-1-12-28-16)15-3-4-17-18(14-15)29-20-21-30(26,27)13-11-24(17)20/h1-4,12,14H,5-11,13H2. The highest BCUT2D eigenvalue weighted by Gasteiger charge is 2.34. The first kappa shape index (κ1) is 20.0. The minimum absolute atomic E-state index is 0.0218. The van der Waals surface area contributed by atoms with Crippen molar-refractivity contribution in [1.82, 2.24) is 9.80 Å². The van der Waals surface area contributed by atoms with E-state index < -0.39 is 10.0 Å². The predicted molar refractivity (Wildman–Crippen MR) is 121 cm³/mol. The Bertz CT molecular complexity index is 1090. The van der Waals surface area contributed by atoms with Gasteiger partial charge in [-0.05, 0) is 47.8 Å². The normalized spacial score (nSPS) is 20.6. The van der Waals surface area contributed by atoms with Crippen LogP contribution in [0.5, 0.6) is 0 Å². The van der Waals surface area contributed by atoms with E-state index in [0.29, 0.717) is 17.3 Å². The number of carbonyl (C=O) groups excluding carboxylic acids is 1. The van der Waals surface area contributed by atoms with Crippen LogP contribution < -0.4 is 4.90 Å². The van der Waals surface area contributed by atoms with Gasteiger partial charge in [0, 0.05) is 54.6 Å². The van der Waals surface area contributed by atoms with Crippen molar-refractivity contribution < 1.29 is 13.2 Å². The van der Waals surface area contributed by atoms with Crippen LogP contribution >= 0.6 is 23.1 Å².